The van der Waals surface area contributed by atoms with Gasteiger partial charge in [-0.25, -0.2) is 4.39 Å². The summed E-state index contributed by atoms with van der Waals surface area (Å²) in [6.07, 6.45) is 8.03. The smallest absolute Gasteiger partial charge is 0.229 e. The van der Waals surface area contributed by atoms with E-state index in [4.69, 9.17) is 0 Å². The zero-order valence-corrected chi connectivity index (χ0v) is 11.9. The van der Waals surface area contributed by atoms with Crippen LogP contribution in [0.2, 0.25) is 0 Å². The van der Waals surface area contributed by atoms with Gasteiger partial charge in [0.05, 0.1) is 6.20 Å². The average Bonchev–Trinajstić information content (AvgIpc) is 3.24. The molecule has 22 heavy (non-hydrogen) atoms. The molecule has 4 rings (SSSR count). The monoisotopic (exact) mass is 297 g/mol. The molecular weight excluding hydrogens is 281 g/mol. The quantitative estimate of drug-likeness (QED) is 0.853. The third-order valence-electron chi connectivity index (χ3n) is 4.66. The lowest BCUT2D eigenvalue weighted by atomic mass is 9.93. The first-order valence-electron chi connectivity index (χ1n) is 7.49. The highest BCUT2D eigenvalue weighted by Crippen LogP contribution is 2.44. The lowest BCUT2D eigenvalue weighted by Gasteiger charge is -2.17. The van der Waals surface area contributed by atoms with Crippen molar-refractivity contribution in [3.05, 3.63) is 48.4 Å². The first kappa shape index (κ1) is 13.2. The minimum Gasteiger partial charge on any atom is -0.310 e. The van der Waals surface area contributed by atoms with Crippen molar-refractivity contribution in [1.82, 2.24) is 10.2 Å². The summed E-state index contributed by atoms with van der Waals surface area (Å²) >= 11 is 0. The topological polar surface area (TPSA) is 57.8 Å². The van der Waals surface area contributed by atoms with E-state index in [9.17, 15) is 9.18 Å². The van der Waals surface area contributed by atoms with Crippen molar-refractivity contribution in [3.63, 3.8) is 0 Å². The van der Waals surface area contributed by atoms with Crippen LogP contribution < -0.4 is 5.32 Å². The van der Waals surface area contributed by atoms with Gasteiger partial charge in [-0.05, 0) is 42.4 Å². The number of nitrogens with zero attached hydrogens (tertiary/aromatic N) is 1. The molecule has 5 heteroatoms. The molecular formula is C17H16FN3O. The molecule has 3 atom stereocenters. The Kier molecular flexibility index (Phi) is 3.06. The van der Waals surface area contributed by atoms with E-state index in [0.717, 1.165) is 24.0 Å². The number of anilines is 1. The summed E-state index contributed by atoms with van der Waals surface area (Å²) in [6.45, 7) is 0. The zero-order valence-electron chi connectivity index (χ0n) is 11.9. The van der Waals surface area contributed by atoms with E-state index >= 15 is 0 Å². The lowest BCUT2D eigenvalue weighted by molar-refractivity contribution is -0.120. The van der Waals surface area contributed by atoms with Gasteiger partial charge in [0.2, 0.25) is 5.91 Å². The molecule has 1 heterocycles. The van der Waals surface area contributed by atoms with E-state index in [0.29, 0.717) is 17.7 Å². The zero-order chi connectivity index (χ0) is 15.1. The molecule has 2 aromatic rings. The second-order valence-corrected chi connectivity index (χ2v) is 6.04. The first-order valence-corrected chi connectivity index (χ1v) is 7.49. The highest BCUT2D eigenvalue weighted by atomic mass is 19.1. The number of benzene rings is 1. The number of aromatic nitrogens is 2. The summed E-state index contributed by atoms with van der Waals surface area (Å²) in [5.74, 6) is 1.28. The van der Waals surface area contributed by atoms with E-state index < -0.39 is 0 Å². The van der Waals surface area contributed by atoms with Crippen LogP contribution in [0, 0.1) is 23.6 Å². The van der Waals surface area contributed by atoms with Crippen LogP contribution in [0.25, 0.3) is 11.1 Å². The molecule has 1 aromatic carbocycles. The van der Waals surface area contributed by atoms with Crippen LogP contribution >= 0.6 is 0 Å². The Bertz CT molecular complexity index is 735. The van der Waals surface area contributed by atoms with Crippen LogP contribution in [0.5, 0.6) is 0 Å². The largest absolute Gasteiger partial charge is 0.310 e. The number of carbonyl (C=O) groups excluding carboxylic acids is 1. The van der Waals surface area contributed by atoms with Crippen LogP contribution in [-0.4, -0.2) is 16.1 Å². The molecule has 1 aromatic heterocycles. The van der Waals surface area contributed by atoms with Crippen LogP contribution in [0.1, 0.15) is 12.8 Å². The van der Waals surface area contributed by atoms with Crippen LogP contribution in [0.3, 0.4) is 0 Å². The number of H-pyrrole nitrogens is 1. The minimum absolute atomic E-state index is 0.0319. The fraction of sp³-hybridized carbons (Fsp3) is 0.294. The molecule has 1 amide bonds. The van der Waals surface area contributed by atoms with E-state index in [1.54, 1.807) is 18.3 Å². The first-order chi connectivity index (χ1) is 10.7. The molecule has 2 aliphatic rings. The van der Waals surface area contributed by atoms with Gasteiger partial charge in [0.25, 0.3) is 0 Å². The number of carbonyl (C=O) groups is 1. The number of hydrogen-bond acceptors (Lipinski definition) is 2. The summed E-state index contributed by atoms with van der Waals surface area (Å²) in [5.41, 5.74) is 1.59. The molecule has 0 spiro atoms. The normalized spacial score (nSPS) is 25.6. The second kappa shape index (κ2) is 5.09. The maximum Gasteiger partial charge on any atom is 0.229 e. The highest BCUT2D eigenvalue weighted by molar-refractivity contribution is 5.96. The number of fused-ring (bicyclic) bond motifs is 2. The Morgan fingerprint density at radius 1 is 1.23 bits per heavy atom. The van der Waals surface area contributed by atoms with E-state index in [2.05, 4.69) is 27.7 Å². The van der Waals surface area contributed by atoms with Gasteiger partial charge in [-0.15, -0.1) is 0 Å². The Balaban J connectivity index is 1.54. The Labute approximate surface area is 127 Å². The Morgan fingerprint density at radius 2 is 2.05 bits per heavy atom. The third kappa shape index (κ3) is 2.22. The summed E-state index contributed by atoms with van der Waals surface area (Å²) in [4.78, 5) is 12.5. The fourth-order valence-electron chi connectivity index (χ4n) is 3.53. The number of rotatable bonds is 3. The molecule has 0 saturated heterocycles. The fourth-order valence-corrected chi connectivity index (χ4v) is 3.53. The Hall–Kier alpha value is -2.43. The van der Waals surface area contributed by atoms with Gasteiger partial charge >= 0.3 is 0 Å². The number of aromatic amines is 1. The van der Waals surface area contributed by atoms with Crippen LogP contribution in [-0.2, 0) is 4.79 Å². The lowest BCUT2D eigenvalue weighted by Crippen LogP contribution is -2.26. The van der Waals surface area contributed by atoms with Crippen molar-refractivity contribution in [1.29, 1.82) is 0 Å². The molecule has 2 N–H and O–H groups in total. The molecule has 0 unspecified atom stereocenters. The predicted molar refractivity (Wildman–Crippen MR) is 81.5 cm³/mol. The predicted octanol–water partition coefficient (Wildman–Crippen LogP) is 3.37. The van der Waals surface area contributed by atoms with Crippen molar-refractivity contribution in [2.75, 3.05) is 5.32 Å². The Morgan fingerprint density at radius 3 is 2.73 bits per heavy atom. The maximum absolute atomic E-state index is 13.0. The minimum atomic E-state index is -0.286. The number of nitrogens with one attached hydrogen (secondary N) is 2. The number of amides is 1. The average molecular weight is 297 g/mol. The van der Waals surface area contributed by atoms with Gasteiger partial charge in [0, 0.05) is 11.5 Å². The van der Waals surface area contributed by atoms with Gasteiger partial charge in [0.15, 0.2) is 0 Å². The molecule has 0 radical (unpaired) electrons. The molecule has 4 nitrogen and oxygen atoms in total. The van der Waals surface area contributed by atoms with E-state index in [1.165, 1.54) is 12.1 Å². The van der Waals surface area contributed by atoms with Crippen molar-refractivity contribution < 1.29 is 9.18 Å². The van der Waals surface area contributed by atoms with Gasteiger partial charge in [-0.2, -0.15) is 5.10 Å². The summed E-state index contributed by atoms with van der Waals surface area (Å²) in [6, 6.07) is 6.15. The van der Waals surface area contributed by atoms with E-state index in [-0.39, 0.29) is 17.6 Å². The van der Waals surface area contributed by atoms with Crippen molar-refractivity contribution >= 4 is 11.7 Å². The van der Waals surface area contributed by atoms with Crippen molar-refractivity contribution in [2.45, 2.75) is 12.8 Å². The second-order valence-electron chi connectivity index (χ2n) is 6.04. The summed E-state index contributed by atoms with van der Waals surface area (Å²) < 4.78 is 13.0. The van der Waals surface area contributed by atoms with Gasteiger partial charge < -0.3 is 5.32 Å². The number of allylic oxidation sites excluding steroid dienone is 2. The van der Waals surface area contributed by atoms with Gasteiger partial charge in [-0.3, -0.25) is 9.89 Å². The molecule has 1 fully saturated rings. The van der Waals surface area contributed by atoms with Crippen molar-refractivity contribution in [2.24, 2.45) is 17.8 Å². The summed E-state index contributed by atoms with van der Waals surface area (Å²) in [5, 5.41) is 9.77. The number of halogens is 1. The SMILES string of the molecule is O=C(Nc1[nH]ncc1-c1ccc(F)cc1)[C@@H]1C[C@@H]2C=C[C@H]1C2. The highest BCUT2D eigenvalue weighted by Gasteiger charge is 2.40. The molecule has 2 aliphatic carbocycles. The molecule has 112 valence electrons. The van der Waals surface area contributed by atoms with Crippen LogP contribution in [0.15, 0.2) is 42.6 Å². The molecule has 2 bridgehead atoms. The van der Waals surface area contributed by atoms with Gasteiger partial charge in [0.1, 0.15) is 11.6 Å². The third-order valence-corrected chi connectivity index (χ3v) is 4.66. The van der Waals surface area contributed by atoms with E-state index in [1.807, 2.05) is 0 Å². The summed E-state index contributed by atoms with van der Waals surface area (Å²) in [7, 11) is 0. The maximum atomic E-state index is 13.0. The van der Waals surface area contributed by atoms with Gasteiger partial charge in [-0.1, -0.05) is 24.3 Å². The van der Waals surface area contributed by atoms with Crippen LogP contribution in [0.4, 0.5) is 10.2 Å². The molecule has 0 aliphatic heterocycles. The number of hydrogen-bond donors (Lipinski definition) is 2. The standard InChI is InChI=1S/C17H16FN3O/c18-13-5-3-11(4-6-13)15-9-19-21-16(15)20-17(22)14-8-10-1-2-12(14)7-10/h1-6,9-10,12,14H,7-8H2,(H2,19,20,21,22)/t10-,12+,14-/m1/s1. The van der Waals surface area contributed by atoms with Crippen molar-refractivity contribution in [3.8, 4) is 11.1 Å². The molecule has 1 saturated carbocycles.